The minimum atomic E-state index is 0.000573. The zero-order valence-electron chi connectivity index (χ0n) is 19.5. The van der Waals surface area contributed by atoms with Crippen LogP contribution in [-0.4, -0.2) is 12.1 Å². The number of hydrogen-bond acceptors (Lipinski definition) is 2. The molecule has 0 N–H and O–H groups in total. The quantitative estimate of drug-likeness (QED) is 0.110. The summed E-state index contributed by atoms with van der Waals surface area (Å²) in [5, 5.41) is 0. The third-order valence-electron chi connectivity index (χ3n) is 5.44. The van der Waals surface area contributed by atoms with E-state index in [0.717, 1.165) is 19.3 Å². The van der Waals surface area contributed by atoms with Gasteiger partial charge in [-0.1, -0.05) is 96.6 Å². The van der Waals surface area contributed by atoms with Gasteiger partial charge >= 0.3 is 5.97 Å². The molecule has 0 bridgehead atoms. The molecule has 0 fully saturated rings. The third kappa shape index (κ3) is 21.5. The standard InChI is InChI=1S/C26H50O2/c1-4-6-8-10-11-12-13-14-15-16-17-18-19-20-22-24-26(27)28-25(3)23-21-9-7-5-2/h14-15,25H,4-13,16-24H2,1-3H3/b15-14-. The topological polar surface area (TPSA) is 26.3 Å². The summed E-state index contributed by atoms with van der Waals surface area (Å²) in [4.78, 5) is 11.8. The summed E-state index contributed by atoms with van der Waals surface area (Å²) in [6.07, 6.45) is 28.1. The molecule has 1 unspecified atom stereocenters. The van der Waals surface area contributed by atoms with Gasteiger partial charge in [-0.05, 0) is 51.9 Å². The van der Waals surface area contributed by atoms with Crippen molar-refractivity contribution in [1.29, 1.82) is 0 Å². The fraction of sp³-hybridized carbons (Fsp3) is 0.885. The molecule has 0 heterocycles. The Morgan fingerprint density at radius 1 is 0.679 bits per heavy atom. The summed E-state index contributed by atoms with van der Waals surface area (Å²) in [5.41, 5.74) is 0. The van der Waals surface area contributed by atoms with Crippen LogP contribution in [0.1, 0.15) is 143 Å². The van der Waals surface area contributed by atoms with Crippen molar-refractivity contribution in [2.24, 2.45) is 0 Å². The van der Waals surface area contributed by atoms with Crippen molar-refractivity contribution in [3.63, 3.8) is 0 Å². The highest BCUT2D eigenvalue weighted by molar-refractivity contribution is 5.69. The van der Waals surface area contributed by atoms with Gasteiger partial charge in [-0.3, -0.25) is 4.79 Å². The second-order valence-corrected chi connectivity index (χ2v) is 8.48. The second kappa shape index (κ2) is 22.5. The summed E-state index contributed by atoms with van der Waals surface area (Å²) in [6.45, 7) is 6.52. The Morgan fingerprint density at radius 3 is 1.71 bits per heavy atom. The van der Waals surface area contributed by atoms with Crippen LogP contribution in [-0.2, 0) is 9.53 Å². The van der Waals surface area contributed by atoms with E-state index in [4.69, 9.17) is 4.74 Å². The number of unbranched alkanes of at least 4 members (excludes halogenated alkanes) is 14. The Kier molecular flexibility index (Phi) is 21.9. The van der Waals surface area contributed by atoms with Crippen LogP contribution in [0.25, 0.3) is 0 Å². The number of carbonyl (C=O) groups is 1. The van der Waals surface area contributed by atoms with Gasteiger partial charge in [-0.2, -0.15) is 0 Å². The van der Waals surface area contributed by atoms with Crippen molar-refractivity contribution < 1.29 is 9.53 Å². The maximum atomic E-state index is 11.8. The molecule has 0 aromatic carbocycles. The molecule has 0 aromatic heterocycles. The van der Waals surface area contributed by atoms with Gasteiger partial charge in [0.25, 0.3) is 0 Å². The first-order valence-electron chi connectivity index (χ1n) is 12.5. The van der Waals surface area contributed by atoms with Gasteiger partial charge in [0.1, 0.15) is 0 Å². The molecule has 0 aliphatic rings. The largest absolute Gasteiger partial charge is 0.463 e. The number of rotatable bonds is 21. The average Bonchev–Trinajstić information content (AvgIpc) is 2.68. The van der Waals surface area contributed by atoms with E-state index in [9.17, 15) is 4.79 Å². The van der Waals surface area contributed by atoms with Gasteiger partial charge in [-0.15, -0.1) is 0 Å². The summed E-state index contributed by atoms with van der Waals surface area (Å²) < 4.78 is 5.50. The van der Waals surface area contributed by atoms with Crippen molar-refractivity contribution in [1.82, 2.24) is 0 Å². The fourth-order valence-electron chi connectivity index (χ4n) is 3.54. The Bertz CT molecular complexity index is 348. The van der Waals surface area contributed by atoms with Crippen molar-refractivity contribution in [3.8, 4) is 0 Å². The maximum absolute atomic E-state index is 11.8. The van der Waals surface area contributed by atoms with Crippen LogP contribution in [0.4, 0.5) is 0 Å². The highest BCUT2D eigenvalue weighted by Crippen LogP contribution is 2.12. The molecule has 0 saturated heterocycles. The smallest absolute Gasteiger partial charge is 0.306 e. The van der Waals surface area contributed by atoms with E-state index in [1.165, 1.54) is 96.3 Å². The zero-order valence-corrected chi connectivity index (χ0v) is 19.5. The van der Waals surface area contributed by atoms with Crippen molar-refractivity contribution in [2.45, 2.75) is 149 Å². The van der Waals surface area contributed by atoms with Gasteiger partial charge in [0.05, 0.1) is 6.10 Å². The first kappa shape index (κ1) is 27.2. The SMILES string of the molecule is CCCCCCCC/C=C\CCCCCCCC(=O)OC(C)CCCCCC. The summed E-state index contributed by atoms with van der Waals surface area (Å²) in [6, 6.07) is 0. The molecule has 2 nitrogen and oxygen atoms in total. The van der Waals surface area contributed by atoms with E-state index < -0.39 is 0 Å². The van der Waals surface area contributed by atoms with Crippen LogP contribution in [0.2, 0.25) is 0 Å². The highest BCUT2D eigenvalue weighted by atomic mass is 16.5. The second-order valence-electron chi connectivity index (χ2n) is 8.48. The lowest BCUT2D eigenvalue weighted by atomic mass is 10.1. The molecule has 0 aliphatic carbocycles. The Balaban J connectivity index is 3.31. The average molecular weight is 395 g/mol. The lowest BCUT2D eigenvalue weighted by Crippen LogP contribution is -2.14. The first-order chi connectivity index (χ1) is 13.7. The molecule has 0 saturated carbocycles. The highest BCUT2D eigenvalue weighted by Gasteiger charge is 2.08. The molecule has 0 amide bonds. The van der Waals surface area contributed by atoms with E-state index in [1.807, 2.05) is 6.92 Å². The molecule has 0 spiro atoms. The van der Waals surface area contributed by atoms with Gasteiger partial charge in [-0.25, -0.2) is 0 Å². The van der Waals surface area contributed by atoms with Crippen molar-refractivity contribution in [2.75, 3.05) is 0 Å². The van der Waals surface area contributed by atoms with E-state index in [2.05, 4.69) is 26.0 Å². The molecule has 1 atom stereocenters. The molecule has 2 heteroatoms. The lowest BCUT2D eigenvalue weighted by molar-refractivity contribution is -0.148. The van der Waals surface area contributed by atoms with E-state index in [0.29, 0.717) is 6.42 Å². The van der Waals surface area contributed by atoms with Crippen LogP contribution in [0.3, 0.4) is 0 Å². The third-order valence-corrected chi connectivity index (χ3v) is 5.44. The Hall–Kier alpha value is -0.790. The first-order valence-corrected chi connectivity index (χ1v) is 12.5. The van der Waals surface area contributed by atoms with E-state index in [1.54, 1.807) is 0 Å². The Labute approximate surface area is 176 Å². The van der Waals surface area contributed by atoms with Crippen LogP contribution in [0.5, 0.6) is 0 Å². The van der Waals surface area contributed by atoms with Gasteiger partial charge in [0.15, 0.2) is 0 Å². The number of esters is 1. The molecule has 0 rings (SSSR count). The number of carbonyl (C=O) groups excluding carboxylic acids is 1. The molecule has 0 aromatic rings. The molecular weight excluding hydrogens is 344 g/mol. The lowest BCUT2D eigenvalue weighted by Gasteiger charge is -2.13. The number of allylic oxidation sites excluding steroid dienone is 2. The monoisotopic (exact) mass is 394 g/mol. The fourth-order valence-corrected chi connectivity index (χ4v) is 3.54. The maximum Gasteiger partial charge on any atom is 0.306 e. The molecule has 28 heavy (non-hydrogen) atoms. The number of ether oxygens (including phenoxy) is 1. The summed E-state index contributed by atoms with van der Waals surface area (Å²) in [5.74, 6) is 0.000573. The number of hydrogen-bond donors (Lipinski definition) is 0. The van der Waals surface area contributed by atoms with Crippen molar-refractivity contribution >= 4 is 5.97 Å². The van der Waals surface area contributed by atoms with E-state index in [-0.39, 0.29) is 12.1 Å². The molecule has 0 radical (unpaired) electrons. The van der Waals surface area contributed by atoms with Gasteiger partial charge < -0.3 is 4.74 Å². The zero-order chi connectivity index (χ0) is 20.7. The van der Waals surface area contributed by atoms with Gasteiger partial charge in [0.2, 0.25) is 0 Å². The minimum Gasteiger partial charge on any atom is -0.463 e. The summed E-state index contributed by atoms with van der Waals surface area (Å²) >= 11 is 0. The van der Waals surface area contributed by atoms with Crippen molar-refractivity contribution in [3.05, 3.63) is 12.2 Å². The predicted molar refractivity (Wildman–Crippen MR) is 124 cm³/mol. The normalized spacial score (nSPS) is 12.5. The van der Waals surface area contributed by atoms with Crippen LogP contribution in [0.15, 0.2) is 12.2 Å². The Morgan fingerprint density at radius 2 is 1.14 bits per heavy atom. The van der Waals surface area contributed by atoms with Crippen LogP contribution in [0, 0.1) is 0 Å². The molecular formula is C26H50O2. The van der Waals surface area contributed by atoms with Gasteiger partial charge in [0, 0.05) is 6.42 Å². The van der Waals surface area contributed by atoms with E-state index >= 15 is 0 Å². The minimum absolute atomic E-state index is 0.000573. The summed E-state index contributed by atoms with van der Waals surface area (Å²) in [7, 11) is 0. The van der Waals surface area contributed by atoms with Crippen LogP contribution < -0.4 is 0 Å². The molecule has 166 valence electrons. The predicted octanol–water partition coefficient (Wildman–Crippen LogP) is 8.93. The molecule has 0 aliphatic heterocycles. The van der Waals surface area contributed by atoms with Crippen LogP contribution >= 0.6 is 0 Å².